The molecule has 0 spiro atoms. The molecule has 0 amide bonds. The van der Waals surface area contributed by atoms with Gasteiger partial charge in [-0.25, -0.2) is 13.6 Å². The molecule has 1 unspecified atom stereocenters. The summed E-state index contributed by atoms with van der Waals surface area (Å²) in [6.45, 7) is 0. The highest BCUT2D eigenvalue weighted by atomic mass is 127. The largest absolute Gasteiger partial charge is 0.478 e. The monoisotopic (exact) mass is 520 g/mol. The highest BCUT2D eigenvalue weighted by Gasteiger charge is 2.11. The minimum absolute atomic E-state index is 0.222. The molecule has 6 nitrogen and oxygen atoms in total. The number of carboxylic acid groups (broad SMARTS) is 1. The standard InChI is InChI=1S/C20H15FIN4O2P/c21-14-3-7-16(8-4-14)24-17-9-13-11-23-26(29-22)19(13)10-18(17)25-15-5-1-12(2-6-15)20(27)28/h1-11,24-25,29H,(H,27,28). The molecule has 0 fully saturated rings. The Bertz CT molecular complexity index is 1180. The van der Waals surface area contributed by atoms with E-state index in [0.29, 0.717) is 6.37 Å². The van der Waals surface area contributed by atoms with Crippen LogP contribution in [-0.2, 0) is 0 Å². The van der Waals surface area contributed by atoms with E-state index in [9.17, 15) is 9.18 Å². The third-order valence-corrected chi connectivity index (χ3v) is 6.21. The number of benzene rings is 3. The first-order valence-corrected chi connectivity index (χ1v) is 12.6. The molecule has 0 aliphatic carbocycles. The second-order valence-electron chi connectivity index (χ2n) is 6.24. The number of aromatic carboxylic acids is 1. The minimum Gasteiger partial charge on any atom is -0.478 e. The van der Waals surface area contributed by atoms with Crippen LogP contribution in [0.25, 0.3) is 10.9 Å². The maximum absolute atomic E-state index is 13.2. The van der Waals surface area contributed by atoms with Crippen molar-refractivity contribution in [3.8, 4) is 0 Å². The summed E-state index contributed by atoms with van der Waals surface area (Å²) in [7, 11) is 0. The van der Waals surface area contributed by atoms with E-state index in [-0.39, 0.29) is 11.4 Å². The van der Waals surface area contributed by atoms with Crippen molar-refractivity contribution in [3.63, 3.8) is 0 Å². The fourth-order valence-electron chi connectivity index (χ4n) is 2.89. The zero-order chi connectivity index (χ0) is 20.4. The second kappa shape index (κ2) is 8.34. The van der Waals surface area contributed by atoms with Gasteiger partial charge in [-0.2, -0.15) is 5.10 Å². The second-order valence-corrected chi connectivity index (χ2v) is 8.28. The first kappa shape index (κ1) is 19.6. The molecule has 4 rings (SSSR count). The predicted octanol–water partition coefficient (Wildman–Crippen LogP) is 6.15. The number of carboxylic acids is 1. The number of hydrogen-bond donors (Lipinski definition) is 3. The fraction of sp³-hybridized carbons (Fsp3) is 0. The number of halogens is 2. The van der Waals surface area contributed by atoms with E-state index in [2.05, 4.69) is 37.8 Å². The average molecular weight is 520 g/mol. The molecule has 0 saturated heterocycles. The van der Waals surface area contributed by atoms with Crippen LogP contribution < -0.4 is 10.6 Å². The molecule has 3 N–H and O–H groups in total. The normalized spacial score (nSPS) is 11.2. The third-order valence-electron chi connectivity index (χ3n) is 4.32. The van der Waals surface area contributed by atoms with Crippen molar-refractivity contribution in [2.45, 2.75) is 0 Å². The Morgan fingerprint density at radius 2 is 1.59 bits per heavy atom. The lowest BCUT2D eigenvalue weighted by molar-refractivity contribution is 0.0697. The topological polar surface area (TPSA) is 79.2 Å². The Morgan fingerprint density at radius 3 is 2.17 bits per heavy atom. The number of carbonyl (C=O) groups is 1. The molecule has 0 radical (unpaired) electrons. The molecule has 1 heterocycles. The van der Waals surface area contributed by atoms with Gasteiger partial charge in [0.25, 0.3) is 0 Å². The van der Waals surface area contributed by atoms with Crippen LogP contribution >= 0.6 is 28.4 Å². The van der Waals surface area contributed by atoms with Crippen LogP contribution in [-0.4, -0.2) is 20.6 Å². The molecule has 1 aromatic heterocycles. The summed E-state index contributed by atoms with van der Waals surface area (Å²) in [6, 6.07) is 16.6. The Labute approximate surface area is 180 Å². The summed E-state index contributed by atoms with van der Waals surface area (Å²) < 4.78 is 15.2. The van der Waals surface area contributed by atoms with Gasteiger partial charge in [0.2, 0.25) is 0 Å². The summed E-state index contributed by atoms with van der Waals surface area (Å²) in [6.07, 6.45) is 2.26. The summed E-state index contributed by atoms with van der Waals surface area (Å²) in [4.78, 5) is 11.1. The van der Waals surface area contributed by atoms with Crippen molar-refractivity contribution in [2.75, 3.05) is 10.6 Å². The zero-order valence-electron chi connectivity index (χ0n) is 14.9. The molecule has 9 heteroatoms. The maximum atomic E-state index is 13.2. The minimum atomic E-state index is -0.969. The molecule has 29 heavy (non-hydrogen) atoms. The van der Waals surface area contributed by atoms with Crippen LogP contribution in [0.15, 0.2) is 66.9 Å². The van der Waals surface area contributed by atoms with Crippen molar-refractivity contribution in [1.82, 2.24) is 9.55 Å². The first-order valence-electron chi connectivity index (χ1n) is 8.55. The van der Waals surface area contributed by atoms with E-state index in [1.165, 1.54) is 12.1 Å². The molecular weight excluding hydrogens is 505 g/mol. The zero-order valence-corrected chi connectivity index (χ0v) is 18.0. The van der Waals surface area contributed by atoms with Gasteiger partial charge < -0.3 is 15.7 Å². The van der Waals surface area contributed by atoms with Crippen molar-refractivity contribution in [1.29, 1.82) is 0 Å². The van der Waals surface area contributed by atoms with Gasteiger partial charge in [-0.05, 0) is 82.7 Å². The van der Waals surface area contributed by atoms with Crippen molar-refractivity contribution in [3.05, 3.63) is 78.2 Å². The summed E-state index contributed by atoms with van der Waals surface area (Å²) in [5.74, 6) is -1.27. The molecule has 1 atom stereocenters. The lowest BCUT2D eigenvalue weighted by Gasteiger charge is -2.15. The van der Waals surface area contributed by atoms with Gasteiger partial charge in [0.05, 0.1) is 35.0 Å². The number of rotatable bonds is 6. The smallest absolute Gasteiger partial charge is 0.335 e. The average Bonchev–Trinajstić information content (AvgIpc) is 3.12. The van der Waals surface area contributed by atoms with Gasteiger partial charge in [-0.1, -0.05) is 0 Å². The van der Waals surface area contributed by atoms with E-state index in [0.717, 1.165) is 33.7 Å². The fourth-order valence-corrected chi connectivity index (χ4v) is 4.43. The molecule has 146 valence electrons. The van der Waals surface area contributed by atoms with Crippen LogP contribution in [0.1, 0.15) is 10.4 Å². The highest BCUT2D eigenvalue weighted by molar-refractivity contribution is 14.2. The summed E-state index contributed by atoms with van der Waals surface area (Å²) in [5, 5.41) is 21.1. The van der Waals surface area contributed by atoms with Gasteiger partial charge in [0.1, 0.15) is 5.82 Å². The Hall–Kier alpha value is -2.71. The Morgan fingerprint density at radius 1 is 1.00 bits per heavy atom. The van der Waals surface area contributed by atoms with Crippen LogP contribution in [0.2, 0.25) is 0 Å². The van der Waals surface area contributed by atoms with Crippen LogP contribution in [0.4, 0.5) is 27.1 Å². The number of hydrogen-bond acceptors (Lipinski definition) is 4. The van der Waals surface area contributed by atoms with E-state index in [4.69, 9.17) is 5.11 Å². The van der Waals surface area contributed by atoms with Crippen molar-refractivity contribution >= 4 is 68.0 Å². The van der Waals surface area contributed by atoms with E-state index in [1.54, 1.807) is 36.4 Å². The van der Waals surface area contributed by atoms with Gasteiger partial charge in [-0.15, -0.1) is 0 Å². The van der Waals surface area contributed by atoms with E-state index >= 15 is 0 Å². The van der Waals surface area contributed by atoms with Crippen LogP contribution in [0.5, 0.6) is 0 Å². The van der Waals surface area contributed by atoms with Gasteiger partial charge >= 0.3 is 5.97 Å². The van der Waals surface area contributed by atoms with E-state index in [1.807, 2.05) is 22.8 Å². The van der Waals surface area contributed by atoms with E-state index < -0.39 is 5.97 Å². The Balaban J connectivity index is 1.74. The molecular formula is C20H15FIN4O2P. The lowest BCUT2D eigenvalue weighted by atomic mass is 10.1. The highest BCUT2D eigenvalue weighted by Crippen LogP contribution is 2.36. The molecule has 0 aliphatic heterocycles. The maximum Gasteiger partial charge on any atom is 0.335 e. The van der Waals surface area contributed by atoms with Crippen LogP contribution in [0, 0.1) is 5.82 Å². The number of fused-ring (bicyclic) bond motifs is 1. The number of nitrogens with one attached hydrogen (secondary N) is 2. The quantitative estimate of drug-likeness (QED) is 0.210. The molecule has 3 aromatic carbocycles. The molecule has 4 aromatic rings. The lowest BCUT2D eigenvalue weighted by Crippen LogP contribution is -2.00. The summed E-state index contributed by atoms with van der Waals surface area (Å²) in [5.41, 5.74) is 4.29. The predicted molar refractivity (Wildman–Crippen MR) is 124 cm³/mol. The van der Waals surface area contributed by atoms with Gasteiger partial charge in [0.15, 0.2) is 0 Å². The number of aromatic nitrogens is 2. The van der Waals surface area contributed by atoms with Crippen molar-refractivity contribution in [2.24, 2.45) is 0 Å². The van der Waals surface area contributed by atoms with Crippen LogP contribution in [0.3, 0.4) is 0 Å². The van der Waals surface area contributed by atoms with Crippen molar-refractivity contribution < 1.29 is 14.3 Å². The number of nitrogens with zero attached hydrogens (tertiary/aromatic N) is 2. The first-order chi connectivity index (χ1) is 14.0. The van der Waals surface area contributed by atoms with Gasteiger partial charge in [-0.3, -0.25) is 0 Å². The SMILES string of the molecule is O=C(O)c1ccc(Nc2cc3c(cnn3PI)cc2Nc2ccc(F)cc2)cc1. The summed E-state index contributed by atoms with van der Waals surface area (Å²) >= 11 is 2.27. The molecule has 0 bridgehead atoms. The Kier molecular flexibility index (Phi) is 5.64. The molecule has 0 saturated carbocycles. The third kappa shape index (κ3) is 4.33. The van der Waals surface area contributed by atoms with Gasteiger partial charge in [0, 0.05) is 16.8 Å². The number of anilines is 4. The molecule has 0 aliphatic rings.